The van der Waals surface area contributed by atoms with Gasteiger partial charge in [-0.25, -0.2) is 4.79 Å². The van der Waals surface area contributed by atoms with Crippen LogP contribution in [0.15, 0.2) is 0 Å². The number of rotatable bonds is 1. The van der Waals surface area contributed by atoms with Crippen LogP contribution >= 0.6 is 0 Å². The van der Waals surface area contributed by atoms with Gasteiger partial charge in [-0.2, -0.15) is 0 Å². The second-order valence-corrected chi connectivity index (χ2v) is 3.29. The summed E-state index contributed by atoms with van der Waals surface area (Å²) in [6, 6.07) is 0. The smallest absolute Gasteiger partial charge is 0.404 e. The van der Waals surface area contributed by atoms with Crippen LogP contribution in [0.4, 0.5) is 4.79 Å². The minimum atomic E-state index is -0.619. The molecule has 0 aliphatic heterocycles. The van der Waals surface area contributed by atoms with Crippen LogP contribution in [0.25, 0.3) is 0 Å². The summed E-state index contributed by atoms with van der Waals surface area (Å²) in [6.45, 7) is 0. The first-order valence-corrected chi connectivity index (χ1v) is 3.72. The van der Waals surface area contributed by atoms with Crippen LogP contribution in [0, 0.1) is 11.8 Å². The van der Waals surface area contributed by atoms with E-state index in [0.29, 0.717) is 0 Å². The van der Waals surface area contributed by atoms with Crippen molar-refractivity contribution in [2.24, 2.45) is 17.6 Å². The van der Waals surface area contributed by atoms with E-state index in [0.717, 1.165) is 24.7 Å². The van der Waals surface area contributed by atoms with Gasteiger partial charge in [0.25, 0.3) is 0 Å². The molecule has 0 bridgehead atoms. The van der Waals surface area contributed by atoms with Gasteiger partial charge in [0.2, 0.25) is 0 Å². The van der Waals surface area contributed by atoms with Gasteiger partial charge in [-0.15, -0.1) is 0 Å². The molecule has 2 aliphatic rings. The molecule has 0 radical (unpaired) electrons. The number of fused-ring (bicyclic) bond motifs is 1. The molecule has 0 saturated heterocycles. The Bertz CT molecular complexity index is 159. The molecule has 10 heavy (non-hydrogen) atoms. The second-order valence-electron chi connectivity index (χ2n) is 3.29. The molecule has 2 N–H and O–H groups in total. The van der Waals surface area contributed by atoms with E-state index in [1.165, 1.54) is 6.42 Å². The Morgan fingerprint density at radius 1 is 1.30 bits per heavy atom. The van der Waals surface area contributed by atoms with Gasteiger partial charge in [-0.1, -0.05) is 0 Å². The molecule has 2 saturated carbocycles. The maximum atomic E-state index is 10.3. The molecule has 2 aliphatic carbocycles. The van der Waals surface area contributed by atoms with E-state index in [9.17, 15) is 4.79 Å². The third kappa shape index (κ3) is 0.958. The molecule has 3 atom stereocenters. The van der Waals surface area contributed by atoms with Crippen LogP contribution in [0.5, 0.6) is 0 Å². The van der Waals surface area contributed by atoms with Crippen molar-refractivity contribution in [1.29, 1.82) is 0 Å². The standard InChI is InChI=1S/C7H11NO2/c8-7(9)10-6-2-4-1-5(4)3-6/h4-6H,1-3H2,(H2,8,9)/t4-,5+,6?. The van der Waals surface area contributed by atoms with Gasteiger partial charge >= 0.3 is 6.09 Å². The molecule has 3 nitrogen and oxygen atoms in total. The van der Waals surface area contributed by atoms with Crippen LogP contribution in [0.2, 0.25) is 0 Å². The first kappa shape index (κ1) is 6.01. The van der Waals surface area contributed by atoms with E-state index in [-0.39, 0.29) is 6.10 Å². The van der Waals surface area contributed by atoms with Crippen molar-refractivity contribution in [3.8, 4) is 0 Å². The zero-order chi connectivity index (χ0) is 7.14. The fraction of sp³-hybridized carbons (Fsp3) is 0.857. The number of hydrogen-bond acceptors (Lipinski definition) is 2. The Labute approximate surface area is 59.5 Å². The Morgan fingerprint density at radius 3 is 2.40 bits per heavy atom. The number of carbonyl (C=O) groups excluding carboxylic acids is 1. The lowest BCUT2D eigenvalue weighted by Crippen LogP contribution is -2.21. The van der Waals surface area contributed by atoms with Gasteiger partial charge in [-0.3, -0.25) is 0 Å². The SMILES string of the molecule is NC(=O)OC1C[C@@H]2C[C@@H]2C1. The fourth-order valence-corrected chi connectivity index (χ4v) is 1.92. The highest BCUT2D eigenvalue weighted by Gasteiger charge is 2.47. The summed E-state index contributed by atoms with van der Waals surface area (Å²) in [6.07, 6.45) is 2.97. The van der Waals surface area contributed by atoms with Gasteiger partial charge in [0.15, 0.2) is 0 Å². The second kappa shape index (κ2) is 1.87. The predicted molar refractivity (Wildman–Crippen MR) is 35.3 cm³/mol. The first-order valence-electron chi connectivity index (χ1n) is 3.72. The largest absolute Gasteiger partial charge is 0.446 e. The van der Waals surface area contributed by atoms with Gasteiger partial charge < -0.3 is 10.5 Å². The molecule has 0 aromatic rings. The third-order valence-corrected chi connectivity index (χ3v) is 2.48. The lowest BCUT2D eigenvalue weighted by atomic mass is 10.2. The summed E-state index contributed by atoms with van der Waals surface area (Å²) in [5.74, 6) is 1.70. The maximum absolute atomic E-state index is 10.3. The minimum absolute atomic E-state index is 0.140. The molecule has 0 heterocycles. The Morgan fingerprint density at radius 2 is 1.90 bits per heavy atom. The van der Waals surface area contributed by atoms with Crippen LogP contribution in [0.3, 0.4) is 0 Å². The molecule has 56 valence electrons. The Kier molecular flexibility index (Phi) is 1.13. The lowest BCUT2D eigenvalue weighted by Gasteiger charge is -2.09. The van der Waals surface area contributed by atoms with E-state index in [1.807, 2.05) is 0 Å². The van der Waals surface area contributed by atoms with E-state index < -0.39 is 6.09 Å². The quantitative estimate of drug-likeness (QED) is 0.589. The van der Waals surface area contributed by atoms with Crippen molar-refractivity contribution < 1.29 is 9.53 Å². The molecule has 0 aromatic heterocycles. The van der Waals surface area contributed by atoms with Gasteiger partial charge in [0.1, 0.15) is 6.10 Å². The number of ether oxygens (including phenoxy) is 1. The van der Waals surface area contributed by atoms with Gasteiger partial charge in [0, 0.05) is 0 Å². The lowest BCUT2D eigenvalue weighted by molar-refractivity contribution is 0.103. The van der Waals surface area contributed by atoms with Crippen molar-refractivity contribution >= 4 is 6.09 Å². The summed E-state index contributed by atoms with van der Waals surface area (Å²) in [5.41, 5.74) is 4.87. The minimum Gasteiger partial charge on any atom is -0.446 e. The zero-order valence-electron chi connectivity index (χ0n) is 5.75. The number of amides is 1. The van der Waals surface area contributed by atoms with E-state index in [1.54, 1.807) is 0 Å². The molecular formula is C7H11NO2. The molecule has 1 unspecified atom stereocenters. The highest BCUT2D eigenvalue weighted by atomic mass is 16.6. The predicted octanol–water partition coefficient (Wildman–Crippen LogP) is 0.880. The third-order valence-electron chi connectivity index (χ3n) is 2.48. The van der Waals surface area contributed by atoms with Crippen molar-refractivity contribution in [3.05, 3.63) is 0 Å². The number of hydrogen-bond donors (Lipinski definition) is 1. The Hall–Kier alpha value is -0.730. The van der Waals surface area contributed by atoms with E-state index in [4.69, 9.17) is 10.5 Å². The average Bonchev–Trinajstić information content (AvgIpc) is 2.39. The number of carbonyl (C=O) groups is 1. The number of primary amides is 1. The van der Waals surface area contributed by atoms with Crippen molar-refractivity contribution in [2.75, 3.05) is 0 Å². The van der Waals surface area contributed by atoms with E-state index in [2.05, 4.69) is 0 Å². The molecule has 2 fully saturated rings. The Balaban J connectivity index is 1.80. The van der Waals surface area contributed by atoms with E-state index >= 15 is 0 Å². The van der Waals surface area contributed by atoms with Gasteiger partial charge in [-0.05, 0) is 31.1 Å². The fourth-order valence-electron chi connectivity index (χ4n) is 1.92. The normalized spacial score (nSPS) is 42.6. The van der Waals surface area contributed by atoms with Crippen molar-refractivity contribution in [3.63, 3.8) is 0 Å². The van der Waals surface area contributed by atoms with Crippen LogP contribution in [-0.2, 0) is 4.74 Å². The highest BCUT2D eigenvalue weighted by molar-refractivity contribution is 5.64. The molecule has 1 amide bonds. The average molecular weight is 141 g/mol. The van der Waals surface area contributed by atoms with Gasteiger partial charge in [0.05, 0.1) is 0 Å². The summed E-state index contributed by atoms with van der Waals surface area (Å²) < 4.78 is 4.85. The van der Waals surface area contributed by atoms with Crippen LogP contribution in [0.1, 0.15) is 19.3 Å². The maximum Gasteiger partial charge on any atom is 0.404 e. The molecule has 3 heteroatoms. The molecule has 2 rings (SSSR count). The summed E-state index contributed by atoms with van der Waals surface area (Å²) in [4.78, 5) is 10.3. The first-order chi connectivity index (χ1) is 4.75. The summed E-state index contributed by atoms with van der Waals surface area (Å²) >= 11 is 0. The zero-order valence-corrected chi connectivity index (χ0v) is 5.75. The molecular weight excluding hydrogens is 130 g/mol. The topological polar surface area (TPSA) is 52.3 Å². The molecule has 0 spiro atoms. The monoisotopic (exact) mass is 141 g/mol. The summed E-state index contributed by atoms with van der Waals surface area (Å²) in [7, 11) is 0. The molecule has 0 aromatic carbocycles. The van der Waals surface area contributed by atoms with Crippen molar-refractivity contribution in [2.45, 2.75) is 25.4 Å². The van der Waals surface area contributed by atoms with Crippen molar-refractivity contribution in [1.82, 2.24) is 0 Å². The summed E-state index contributed by atoms with van der Waals surface area (Å²) in [5, 5.41) is 0. The van der Waals surface area contributed by atoms with Crippen LogP contribution in [-0.4, -0.2) is 12.2 Å². The van der Waals surface area contributed by atoms with Crippen LogP contribution < -0.4 is 5.73 Å². The number of nitrogens with two attached hydrogens (primary N) is 1. The highest BCUT2D eigenvalue weighted by Crippen LogP contribution is 2.52.